The van der Waals surface area contributed by atoms with Crippen LogP contribution in [0.5, 0.6) is 11.5 Å². The number of hydrogen-bond acceptors (Lipinski definition) is 4. The first-order chi connectivity index (χ1) is 17.3. The van der Waals surface area contributed by atoms with Gasteiger partial charge in [0.1, 0.15) is 0 Å². The first-order valence-corrected chi connectivity index (χ1v) is 14.2. The summed E-state index contributed by atoms with van der Waals surface area (Å²) in [6.45, 7) is 3.94. The minimum atomic E-state index is -0.981. The van der Waals surface area contributed by atoms with Crippen LogP contribution in [0, 0.1) is 23.3 Å². The molecule has 4 rings (SSSR count). The van der Waals surface area contributed by atoms with Gasteiger partial charge in [0.15, 0.2) is 17.4 Å². The number of carbonyl (C=O) groups is 1. The Bertz CT molecular complexity index is 1350. The molecule has 1 N–H and O–H groups in total. The molecule has 12 heteroatoms. The third-order valence-corrected chi connectivity index (χ3v) is 9.29. The second-order valence-electron chi connectivity index (χ2n) is 7.09. The van der Waals surface area contributed by atoms with Crippen LogP contribution < -0.4 is 28.3 Å². The van der Waals surface area contributed by atoms with Crippen molar-refractivity contribution in [2.75, 3.05) is 13.2 Å². The molecule has 0 fully saturated rings. The topological polar surface area (TPSA) is 55.8 Å². The maximum absolute atomic E-state index is 13.9. The molecule has 0 aliphatic heterocycles. The zero-order valence-corrected chi connectivity index (χ0v) is 23.7. The summed E-state index contributed by atoms with van der Waals surface area (Å²) in [4.78, 5) is 10.6. The first kappa shape index (κ1) is 34.5. The van der Waals surface area contributed by atoms with E-state index in [4.69, 9.17) is 14.6 Å². The second-order valence-corrected chi connectivity index (χ2v) is 11.9. The van der Waals surface area contributed by atoms with Crippen LogP contribution in [0.2, 0.25) is 0 Å². The molecule has 2 aromatic heterocycles. The minimum absolute atomic E-state index is 0. The number of benzene rings is 2. The van der Waals surface area contributed by atoms with Crippen LogP contribution >= 0.6 is 0 Å². The van der Waals surface area contributed by atoms with Gasteiger partial charge in [-0.1, -0.05) is 0 Å². The molecule has 0 saturated heterocycles. The van der Waals surface area contributed by atoms with Crippen LogP contribution in [0.3, 0.4) is 0 Å². The van der Waals surface area contributed by atoms with Gasteiger partial charge in [0, 0.05) is 0 Å². The van der Waals surface area contributed by atoms with E-state index in [0.717, 1.165) is 15.2 Å². The van der Waals surface area contributed by atoms with E-state index in [-0.39, 0.29) is 102 Å². The summed E-state index contributed by atoms with van der Waals surface area (Å²) in [5.74, 6) is -3.90. The molecular weight excluding hydrogens is 644 g/mol. The molecule has 4 nitrogen and oxygen atoms in total. The number of rotatable bonds is 8. The normalized spacial score (nSPS) is 9.97. The largest absolute Gasteiger partial charge is 1.00 e. The average Bonchev–Trinajstić information content (AvgIpc) is 3.56. The maximum Gasteiger partial charge on any atom is 1.00 e. The Labute approximate surface area is 254 Å². The SMILES string of the molecule is CCOc1ccc(-c2ccc(C=O)[se]2)c(F)c1F.CCOc1ccc(-c2ccc(CO)[se]2)c(F)c1F.[AlH3].[H-].[Li+]. The Kier molecular flexibility index (Phi) is 15.1. The van der Waals surface area contributed by atoms with Crippen molar-refractivity contribution in [2.45, 2.75) is 20.5 Å². The van der Waals surface area contributed by atoms with Crippen molar-refractivity contribution in [1.82, 2.24) is 0 Å². The number of aliphatic hydroxyl groups excluding tert-OH is 1. The predicted molar refractivity (Wildman–Crippen MR) is 142 cm³/mol. The number of carbonyl (C=O) groups excluding carboxylic acids is 1. The van der Waals surface area contributed by atoms with E-state index in [2.05, 4.69) is 0 Å². The predicted octanol–water partition coefficient (Wildman–Crippen LogP) is 1.41. The van der Waals surface area contributed by atoms with Crippen molar-refractivity contribution < 1.29 is 57.2 Å². The van der Waals surface area contributed by atoms with Gasteiger partial charge in [-0.15, -0.1) is 0 Å². The van der Waals surface area contributed by atoms with Gasteiger partial charge in [0.05, 0.1) is 0 Å². The van der Waals surface area contributed by atoms with E-state index in [9.17, 15) is 22.4 Å². The Morgan fingerprint density at radius 1 is 0.763 bits per heavy atom. The van der Waals surface area contributed by atoms with Crippen LogP contribution in [0.25, 0.3) is 20.0 Å². The minimum Gasteiger partial charge on any atom is -1.00 e. The van der Waals surface area contributed by atoms with Crippen molar-refractivity contribution in [3.8, 4) is 31.5 Å². The number of ether oxygens (including phenoxy) is 2. The van der Waals surface area contributed by atoms with Crippen molar-refractivity contribution in [3.05, 3.63) is 80.7 Å². The summed E-state index contributed by atoms with van der Waals surface area (Å²) in [6, 6.07) is 12.6. The summed E-state index contributed by atoms with van der Waals surface area (Å²) >= 11 is -0.405. The van der Waals surface area contributed by atoms with E-state index < -0.39 is 23.3 Å². The number of aliphatic hydroxyl groups is 1. The summed E-state index contributed by atoms with van der Waals surface area (Å²) in [5, 5.41) is 8.99. The second kappa shape index (κ2) is 16.6. The molecule has 2 aromatic carbocycles. The monoisotopic (exact) mass is 672 g/mol. The third kappa shape index (κ3) is 8.26. The van der Waals surface area contributed by atoms with Gasteiger partial charge in [-0.25, -0.2) is 0 Å². The summed E-state index contributed by atoms with van der Waals surface area (Å²) < 4.78 is 68.0. The molecule has 0 radical (unpaired) electrons. The molecule has 0 aliphatic carbocycles. The molecule has 38 heavy (non-hydrogen) atoms. The zero-order valence-electron chi connectivity index (χ0n) is 21.3. The zero-order chi connectivity index (χ0) is 26.2. The van der Waals surface area contributed by atoms with E-state index in [1.165, 1.54) is 24.3 Å². The Balaban J connectivity index is 0.000000688. The molecule has 198 valence electrons. The van der Waals surface area contributed by atoms with Gasteiger partial charge in [0.2, 0.25) is 0 Å². The molecule has 0 amide bonds. The molecule has 0 bridgehead atoms. The maximum atomic E-state index is 13.9. The van der Waals surface area contributed by atoms with Crippen LogP contribution in [0.15, 0.2) is 48.5 Å². The van der Waals surface area contributed by atoms with Gasteiger partial charge in [-0.3, -0.25) is 0 Å². The van der Waals surface area contributed by atoms with Crippen LogP contribution in [0.4, 0.5) is 17.6 Å². The molecule has 0 atom stereocenters. The standard InChI is InChI=1S/C13H12F2O2Se.C13H10F2O2Se.Al.Li.4H/c2*1-2-17-10-5-4-9(12(14)13(10)15)11-6-3-8(7-16)18-11;;;;;;/h3-6,16H,2,7H2,1H3;3-7H,2H2,1H3;;;;;;/q;;;+1;;;;-1. The van der Waals surface area contributed by atoms with Crippen molar-refractivity contribution in [1.29, 1.82) is 0 Å². The van der Waals surface area contributed by atoms with E-state index >= 15 is 0 Å². The fourth-order valence-corrected chi connectivity index (χ4v) is 6.77. The fraction of sp³-hybridized carbons (Fsp3) is 0.192. The quantitative estimate of drug-likeness (QED) is 0.175. The van der Waals surface area contributed by atoms with Crippen LogP contribution in [-0.2, 0) is 6.61 Å². The van der Waals surface area contributed by atoms with Crippen molar-refractivity contribution in [2.24, 2.45) is 0 Å². The Hall–Kier alpha value is -1.48. The van der Waals surface area contributed by atoms with Gasteiger partial charge in [0.25, 0.3) is 0 Å². The fourth-order valence-electron chi connectivity index (χ4n) is 3.15. The average molecular weight is 670 g/mol. The van der Waals surface area contributed by atoms with Crippen LogP contribution in [0.1, 0.15) is 28.9 Å². The summed E-state index contributed by atoms with van der Waals surface area (Å²) in [5.41, 5.74) is 0.444. The smallest absolute Gasteiger partial charge is 1.00 e. The molecule has 0 saturated carbocycles. The van der Waals surface area contributed by atoms with Gasteiger partial charge in [-0.05, 0) is 0 Å². The molecule has 2 heterocycles. The summed E-state index contributed by atoms with van der Waals surface area (Å²) in [7, 11) is 0. The molecule has 0 spiro atoms. The molecule has 4 aromatic rings. The van der Waals surface area contributed by atoms with Crippen molar-refractivity contribution in [3.63, 3.8) is 0 Å². The van der Waals surface area contributed by atoms with Crippen molar-refractivity contribution >= 4 is 52.7 Å². The van der Waals surface area contributed by atoms with Crippen LogP contribution in [-0.4, -0.2) is 71.0 Å². The van der Waals surface area contributed by atoms with Gasteiger partial charge >= 0.3 is 237 Å². The Morgan fingerprint density at radius 2 is 1.24 bits per heavy atom. The van der Waals surface area contributed by atoms with Gasteiger partial charge < -0.3 is 1.43 Å². The molecule has 0 unspecified atom stereocenters. The molecular formula is C26H26AlF4LiO4Se2. The van der Waals surface area contributed by atoms with Gasteiger partial charge in [-0.2, -0.15) is 0 Å². The van der Waals surface area contributed by atoms with E-state index in [1.807, 2.05) is 0 Å². The number of aldehydes is 1. The molecule has 0 aliphatic rings. The summed E-state index contributed by atoms with van der Waals surface area (Å²) in [6.07, 6.45) is 0.742. The third-order valence-electron chi connectivity index (χ3n) is 4.78. The first-order valence-electron chi connectivity index (χ1n) is 10.8. The van der Waals surface area contributed by atoms with E-state index in [0.29, 0.717) is 15.5 Å². The number of halogens is 4. The van der Waals surface area contributed by atoms with E-state index in [1.54, 1.807) is 38.1 Å². The number of hydrogen-bond donors (Lipinski definition) is 1. The Morgan fingerprint density at radius 3 is 1.63 bits per heavy atom.